The predicted molar refractivity (Wildman–Crippen MR) is 149 cm³/mol. The van der Waals surface area contributed by atoms with Crippen LogP contribution in [-0.4, -0.2) is 70.5 Å². The van der Waals surface area contributed by atoms with E-state index in [0.29, 0.717) is 17.3 Å². The van der Waals surface area contributed by atoms with Crippen LogP contribution in [0, 0.1) is 12.3 Å². The molecule has 5 N–H and O–H groups in total. The van der Waals surface area contributed by atoms with Gasteiger partial charge >= 0.3 is 0 Å². The Balaban J connectivity index is 1.31. The summed E-state index contributed by atoms with van der Waals surface area (Å²) in [5.74, 6) is 1.09. The number of morpholine rings is 1. The second kappa shape index (κ2) is 11.1. The van der Waals surface area contributed by atoms with Crippen LogP contribution < -0.4 is 16.4 Å². The Morgan fingerprint density at radius 1 is 1.08 bits per heavy atom. The zero-order chi connectivity index (χ0) is 26.8. The second-order valence-electron chi connectivity index (χ2n) is 10.9. The molecule has 6 rings (SSSR count). The van der Waals surface area contributed by atoms with E-state index < -0.39 is 6.23 Å². The molecule has 3 fully saturated rings. The monoisotopic (exact) mass is 531 g/mol. The van der Waals surface area contributed by atoms with Gasteiger partial charge in [0.15, 0.2) is 11.6 Å². The lowest BCUT2D eigenvalue weighted by atomic mass is 9.92. The van der Waals surface area contributed by atoms with Gasteiger partial charge in [0.1, 0.15) is 17.6 Å². The highest BCUT2D eigenvalue weighted by Crippen LogP contribution is 2.52. The zero-order valence-electron chi connectivity index (χ0n) is 22.4. The molecule has 2 aromatic heterocycles. The molecule has 0 bridgehead atoms. The number of benzene rings is 1. The van der Waals surface area contributed by atoms with E-state index in [1.807, 2.05) is 31.2 Å². The summed E-state index contributed by atoms with van der Waals surface area (Å²) in [6.45, 7) is 7.77. The number of ether oxygens (including phenoxy) is 2. The highest BCUT2D eigenvalue weighted by molar-refractivity contribution is 5.75. The Morgan fingerprint density at radius 2 is 1.87 bits per heavy atom. The number of nitrogens with two attached hydrogens (primary N) is 1. The van der Waals surface area contributed by atoms with E-state index in [2.05, 4.69) is 32.7 Å². The van der Waals surface area contributed by atoms with Crippen LogP contribution in [0.3, 0.4) is 0 Å². The average molecular weight is 532 g/mol. The molecule has 2 saturated heterocycles. The number of pyridine rings is 1. The van der Waals surface area contributed by atoms with Crippen LogP contribution in [0.2, 0.25) is 0 Å². The minimum absolute atomic E-state index is 0.154. The van der Waals surface area contributed by atoms with Crippen molar-refractivity contribution >= 4 is 17.3 Å². The Bertz CT molecular complexity index is 1290. The van der Waals surface area contributed by atoms with Gasteiger partial charge in [-0.1, -0.05) is 12.1 Å². The molecule has 3 aliphatic rings. The number of hydrogen-bond acceptors (Lipinski definition) is 10. The zero-order valence-corrected chi connectivity index (χ0v) is 22.4. The predicted octanol–water partition coefficient (Wildman–Crippen LogP) is 3.35. The maximum Gasteiger partial charge on any atom is 0.158 e. The molecule has 39 heavy (non-hydrogen) atoms. The fourth-order valence-corrected chi connectivity index (χ4v) is 5.52. The molecule has 3 aromatic rings. The topological polar surface area (TPSA) is 131 Å². The molecule has 1 spiro atoms. The summed E-state index contributed by atoms with van der Waals surface area (Å²) in [6.07, 6.45) is 3.66. The first-order valence-corrected chi connectivity index (χ1v) is 13.8. The molecule has 4 heterocycles. The molecule has 2 unspecified atom stereocenters. The van der Waals surface area contributed by atoms with Crippen molar-refractivity contribution < 1.29 is 14.6 Å². The molecule has 1 saturated carbocycles. The van der Waals surface area contributed by atoms with Crippen molar-refractivity contribution in [3.8, 4) is 11.3 Å². The Hall–Kier alpha value is -3.15. The molecule has 1 aliphatic carbocycles. The summed E-state index contributed by atoms with van der Waals surface area (Å²) >= 11 is 0. The van der Waals surface area contributed by atoms with E-state index >= 15 is 0 Å². The van der Waals surface area contributed by atoms with Crippen molar-refractivity contribution in [2.75, 3.05) is 50.2 Å². The minimum Gasteiger partial charge on any atom is -0.381 e. The van der Waals surface area contributed by atoms with Gasteiger partial charge in [0.05, 0.1) is 19.8 Å². The first-order valence-electron chi connectivity index (χ1n) is 13.8. The van der Waals surface area contributed by atoms with Crippen molar-refractivity contribution in [1.82, 2.24) is 19.9 Å². The van der Waals surface area contributed by atoms with Crippen molar-refractivity contribution in [3.05, 3.63) is 59.5 Å². The van der Waals surface area contributed by atoms with Gasteiger partial charge < -0.3 is 30.9 Å². The number of aliphatic hydroxyl groups is 1. The standard InChI is InChI=1S/C29H37N7O3/c1-19-16-21(6-10-31-19)24-27(33-23-7-13-39-18-29(23)8-9-29)35-28(25(34-24)26(30)37)32-22-4-2-20(3-5-22)17-36-11-14-38-15-12-36/h2-6,10,16,23,26,37H,7-9,11-15,17-18,30H2,1H3,(H2,32,33,35). The summed E-state index contributed by atoms with van der Waals surface area (Å²) < 4.78 is 11.3. The SMILES string of the molecule is Cc1cc(-c2nc(C(N)O)c(Nc3ccc(CN4CCOCC4)cc3)nc2NC2CCOCC23CC3)ccn1. The molecule has 1 aromatic carbocycles. The van der Waals surface area contributed by atoms with E-state index in [0.717, 1.165) is 82.3 Å². The number of nitrogens with one attached hydrogen (secondary N) is 2. The summed E-state index contributed by atoms with van der Waals surface area (Å²) in [4.78, 5) is 16.6. The lowest BCUT2D eigenvalue weighted by molar-refractivity contribution is 0.0342. The number of nitrogens with zero attached hydrogens (tertiary/aromatic N) is 4. The first-order chi connectivity index (χ1) is 19.0. The lowest BCUT2D eigenvalue weighted by Crippen LogP contribution is -2.39. The van der Waals surface area contributed by atoms with Crippen LogP contribution in [-0.2, 0) is 16.0 Å². The van der Waals surface area contributed by atoms with Crippen molar-refractivity contribution in [2.45, 2.75) is 45.0 Å². The highest BCUT2D eigenvalue weighted by Gasteiger charge is 2.51. The van der Waals surface area contributed by atoms with Crippen LogP contribution in [0.5, 0.6) is 0 Å². The quantitative estimate of drug-likeness (QED) is 0.321. The van der Waals surface area contributed by atoms with Gasteiger partial charge in [-0.25, -0.2) is 9.97 Å². The molecule has 0 amide bonds. The van der Waals surface area contributed by atoms with E-state index in [4.69, 9.17) is 25.2 Å². The van der Waals surface area contributed by atoms with Gasteiger partial charge in [0, 0.05) is 60.8 Å². The summed E-state index contributed by atoms with van der Waals surface area (Å²) in [6, 6.07) is 12.4. The second-order valence-corrected chi connectivity index (χ2v) is 10.9. The third-order valence-electron chi connectivity index (χ3n) is 7.98. The molecular weight excluding hydrogens is 494 g/mol. The van der Waals surface area contributed by atoms with E-state index in [1.165, 1.54) is 5.56 Å². The van der Waals surface area contributed by atoms with E-state index in [-0.39, 0.29) is 17.2 Å². The molecule has 10 nitrogen and oxygen atoms in total. The fourth-order valence-electron chi connectivity index (χ4n) is 5.52. The number of hydrogen-bond donors (Lipinski definition) is 4. The van der Waals surface area contributed by atoms with Crippen LogP contribution in [0.15, 0.2) is 42.6 Å². The smallest absolute Gasteiger partial charge is 0.158 e. The molecular formula is C29H37N7O3. The Kier molecular flexibility index (Phi) is 7.46. The summed E-state index contributed by atoms with van der Waals surface area (Å²) in [7, 11) is 0. The maximum absolute atomic E-state index is 10.5. The van der Waals surface area contributed by atoms with Crippen molar-refractivity contribution in [3.63, 3.8) is 0 Å². The highest BCUT2D eigenvalue weighted by atomic mass is 16.5. The van der Waals surface area contributed by atoms with Gasteiger partial charge in [0.2, 0.25) is 0 Å². The third kappa shape index (κ3) is 5.90. The average Bonchev–Trinajstić information content (AvgIpc) is 3.71. The number of aryl methyl sites for hydroxylation is 1. The lowest BCUT2D eigenvalue weighted by Gasteiger charge is -2.33. The van der Waals surface area contributed by atoms with Gasteiger partial charge in [-0.2, -0.15) is 0 Å². The molecule has 10 heteroatoms. The van der Waals surface area contributed by atoms with Crippen molar-refractivity contribution in [1.29, 1.82) is 0 Å². The van der Waals surface area contributed by atoms with Crippen molar-refractivity contribution in [2.24, 2.45) is 11.1 Å². The van der Waals surface area contributed by atoms with Gasteiger partial charge in [-0.15, -0.1) is 0 Å². The fraction of sp³-hybridized carbons (Fsp3) is 0.483. The van der Waals surface area contributed by atoms with Crippen LogP contribution >= 0.6 is 0 Å². The number of anilines is 3. The number of rotatable bonds is 8. The summed E-state index contributed by atoms with van der Waals surface area (Å²) in [5, 5.41) is 17.6. The van der Waals surface area contributed by atoms with Gasteiger partial charge in [-0.3, -0.25) is 9.88 Å². The molecule has 2 aliphatic heterocycles. The van der Waals surface area contributed by atoms with E-state index in [1.54, 1.807) is 6.20 Å². The number of aliphatic hydroxyl groups excluding tert-OH is 1. The van der Waals surface area contributed by atoms with Crippen LogP contribution in [0.25, 0.3) is 11.3 Å². The number of aromatic nitrogens is 3. The Morgan fingerprint density at radius 3 is 2.59 bits per heavy atom. The van der Waals surface area contributed by atoms with Crippen LogP contribution in [0.4, 0.5) is 17.3 Å². The molecule has 2 atom stereocenters. The minimum atomic E-state index is -1.30. The first kappa shape index (κ1) is 26.1. The maximum atomic E-state index is 10.5. The van der Waals surface area contributed by atoms with Crippen LogP contribution in [0.1, 0.15) is 42.4 Å². The third-order valence-corrected chi connectivity index (χ3v) is 7.98. The van der Waals surface area contributed by atoms with E-state index in [9.17, 15) is 5.11 Å². The molecule has 0 radical (unpaired) electrons. The largest absolute Gasteiger partial charge is 0.381 e. The van der Waals surface area contributed by atoms with Gasteiger partial charge in [0.25, 0.3) is 0 Å². The normalized spacial score (nSPS) is 21.5. The molecule has 206 valence electrons. The van der Waals surface area contributed by atoms with Gasteiger partial charge in [-0.05, 0) is 56.0 Å². The Labute approximate surface area is 229 Å². The summed E-state index contributed by atoms with van der Waals surface area (Å²) in [5.41, 5.74) is 10.9.